The molecule has 94 valence electrons. The highest BCUT2D eigenvalue weighted by molar-refractivity contribution is 14.1. The first-order chi connectivity index (χ1) is 8.69. The van der Waals surface area contributed by atoms with Crippen LogP contribution in [0.4, 0.5) is 0 Å². The van der Waals surface area contributed by atoms with E-state index in [2.05, 4.69) is 83.4 Å². The Balaban J connectivity index is 2.17. The Bertz CT molecular complexity index is 505. The van der Waals surface area contributed by atoms with Crippen molar-refractivity contribution in [3.63, 3.8) is 0 Å². The van der Waals surface area contributed by atoms with Gasteiger partial charge in [-0.25, -0.2) is 0 Å². The summed E-state index contributed by atoms with van der Waals surface area (Å²) in [6.45, 7) is 2.12. The smallest absolute Gasteiger partial charge is 0.0358 e. The Morgan fingerprint density at radius 3 is 2.44 bits per heavy atom. The lowest BCUT2D eigenvalue weighted by molar-refractivity contribution is 0.592. The van der Waals surface area contributed by atoms with Gasteiger partial charge in [-0.3, -0.25) is 0 Å². The minimum Gasteiger partial charge on any atom is -0.313 e. The van der Waals surface area contributed by atoms with Gasteiger partial charge in [0.2, 0.25) is 0 Å². The van der Waals surface area contributed by atoms with Crippen molar-refractivity contribution in [1.29, 1.82) is 0 Å². The average molecular weight is 351 g/mol. The van der Waals surface area contributed by atoms with Gasteiger partial charge in [0.05, 0.1) is 0 Å². The molecule has 2 aromatic carbocycles. The molecule has 18 heavy (non-hydrogen) atoms. The van der Waals surface area contributed by atoms with Crippen molar-refractivity contribution >= 4 is 22.6 Å². The molecule has 1 nitrogen and oxygen atoms in total. The number of nitrogens with one attached hydrogen (secondary N) is 1. The van der Waals surface area contributed by atoms with Crippen LogP contribution in [0.3, 0.4) is 0 Å². The maximum absolute atomic E-state index is 3.41. The first-order valence-electron chi connectivity index (χ1n) is 6.17. The molecule has 0 saturated heterocycles. The fraction of sp³-hybridized carbons (Fsp3) is 0.250. The van der Waals surface area contributed by atoms with Gasteiger partial charge < -0.3 is 5.32 Å². The molecule has 0 amide bonds. The molecule has 0 aliphatic rings. The number of benzene rings is 2. The van der Waals surface area contributed by atoms with Gasteiger partial charge in [0.1, 0.15) is 0 Å². The number of hydrogen-bond donors (Lipinski definition) is 1. The lowest BCUT2D eigenvalue weighted by Gasteiger charge is -2.17. The van der Waals surface area contributed by atoms with Crippen LogP contribution in [0.15, 0.2) is 48.5 Å². The van der Waals surface area contributed by atoms with Crippen LogP contribution < -0.4 is 5.32 Å². The van der Waals surface area contributed by atoms with Crippen molar-refractivity contribution in [1.82, 2.24) is 5.32 Å². The number of rotatable bonds is 4. The molecular weight excluding hydrogens is 333 g/mol. The molecule has 0 spiro atoms. The van der Waals surface area contributed by atoms with Gasteiger partial charge in [0, 0.05) is 9.61 Å². The van der Waals surface area contributed by atoms with Gasteiger partial charge >= 0.3 is 0 Å². The van der Waals surface area contributed by atoms with E-state index in [-0.39, 0.29) is 0 Å². The zero-order valence-corrected chi connectivity index (χ0v) is 12.9. The van der Waals surface area contributed by atoms with E-state index in [9.17, 15) is 0 Å². The van der Waals surface area contributed by atoms with Crippen LogP contribution in [-0.4, -0.2) is 7.05 Å². The van der Waals surface area contributed by atoms with Gasteiger partial charge in [-0.1, -0.05) is 42.0 Å². The summed E-state index contributed by atoms with van der Waals surface area (Å²) in [4.78, 5) is 0. The molecule has 1 N–H and O–H groups in total. The zero-order valence-electron chi connectivity index (χ0n) is 10.8. The van der Waals surface area contributed by atoms with E-state index in [0.717, 1.165) is 6.42 Å². The van der Waals surface area contributed by atoms with Crippen molar-refractivity contribution in [2.45, 2.75) is 19.4 Å². The topological polar surface area (TPSA) is 12.0 Å². The molecule has 1 unspecified atom stereocenters. The van der Waals surface area contributed by atoms with Crippen LogP contribution in [-0.2, 0) is 6.42 Å². The third kappa shape index (κ3) is 3.56. The molecule has 2 aromatic rings. The summed E-state index contributed by atoms with van der Waals surface area (Å²) in [5.41, 5.74) is 4.04. The standard InChI is InChI=1S/C16H18IN/c1-12-6-8-13(9-7-12)10-16(18-2)14-4-3-5-15(17)11-14/h3-9,11,16,18H,10H2,1-2H3. The van der Waals surface area contributed by atoms with Crippen LogP contribution in [0, 0.1) is 10.5 Å². The maximum atomic E-state index is 3.41. The van der Waals surface area contributed by atoms with Crippen molar-refractivity contribution in [2.24, 2.45) is 0 Å². The predicted molar refractivity (Wildman–Crippen MR) is 85.8 cm³/mol. The first kappa shape index (κ1) is 13.6. The van der Waals surface area contributed by atoms with E-state index in [1.807, 2.05) is 7.05 Å². The number of hydrogen-bond acceptors (Lipinski definition) is 1. The first-order valence-corrected chi connectivity index (χ1v) is 7.25. The fourth-order valence-electron chi connectivity index (χ4n) is 2.07. The number of aryl methyl sites for hydroxylation is 1. The second-order valence-electron chi connectivity index (χ2n) is 4.59. The van der Waals surface area contributed by atoms with E-state index in [4.69, 9.17) is 0 Å². The van der Waals surface area contributed by atoms with Crippen LogP contribution >= 0.6 is 22.6 Å². The Kier molecular flexibility index (Phi) is 4.78. The zero-order chi connectivity index (χ0) is 13.0. The van der Waals surface area contributed by atoms with Gasteiger partial charge in [-0.15, -0.1) is 0 Å². The molecule has 0 heterocycles. The van der Waals surface area contributed by atoms with Crippen LogP contribution in [0.25, 0.3) is 0 Å². The quantitative estimate of drug-likeness (QED) is 0.818. The Labute approximate surface area is 123 Å². The third-order valence-electron chi connectivity index (χ3n) is 3.16. The highest BCUT2D eigenvalue weighted by Gasteiger charge is 2.10. The predicted octanol–water partition coefficient (Wildman–Crippen LogP) is 4.10. The van der Waals surface area contributed by atoms with Crippen molar-refractivity contribution in [3.05, 3.63) is 68.8 Å². The summed E-state index contributed by atoms with van der Waals surface area (Å²) >= 11 is 2.36. The molecule has 0 saturated carbocycles. The normalized spacial score (nSPS) is 12.4. The molecule has 2 heteroatoms. The molecule has 0 aliphatic carbocycles. The van der Waals surface area contributed by atoms with Crippen molar-refractivity contribution < 1.29 is 0 Å². The van der Waals surface area contributed by atoms with Crippen molar-refractivity contribution in [2.75, 3.05) is 7.05 Å². The lowest BCUT2D eigenvalue weighted by atomic mass is 9.98. The molecule has 0 radical (unpaired) electrons. The summed E-state index contributed by atoms with van der Waals surface area (Å²) in [6, 6.07) is 17.9. The molecule has 0 bridgehead atoms. The Hall–Kier alpha value is -0.870. The molecule has 0 aromatic heterocycles. The highest BCUT2D eigenvalue weighted by Crippen LogP contribution is 2.20. The summed E-state index contributed by atoms with van der Waals surface area (Å²) in [5, 5.41) is 3.41. The molecule has 1 atom stereocenters. The van der Waals surface area contributed by atoms with E-state index in [1.165, 1.54) is 20.3 Å². The second-order valence-corrected chi connectivity index (χ2v) is 5.83. The van der Waals surface area contributed by atoms with Gasteiger partial charge in [-0.05, 0) is 66.2 Å². The van der Waals surface area contributed by atoms with E-state index in [1.54, 1.807) is 0 Å². The van der Waals surface area contributed by atoms with Gasteiger partial charge in [0.15, 0.2) is 0 Å². The second kappa shape index (κ2) is 6.34. The minimum atomic E-state index is 0.377. The maximum Gasteiger partial charge on any atom is 0.0358 e. The van der Waals surface area contributed by atoms with E-state index >= 15 is 0 Å². The summed E-state index contributed by atoms with van der Waals surface area (Å²) < 4.78 is 1.29. The largest absolute Gasteiger partial charge is 0.313 e. The number of halogens is 1. The molecular formula is C16H18IN. The van der Waals surface area contributed by atoms with E-state index in [0.29, 0.717) is 6.04 Å². The van der Waals surface area contributed by atoms with Crippen LogP contribution in [0.2, 0.25) is 0 Å². The highest BCUT2D eigenvalue weighted by atomic mass is 127. The monoisotopic (exact) mass is 351 g/mol. The van der Waals surface area contributed by atoms with E-state index < -0.39 is 0 Å². The molecule has 0 aliphatic heterocycles. The minimum absolute atomic E-state index is 0.377. The SMILES string of the molecule is CNC(Cc1ccc(C)cc1)c1cccc(I)c1. The summed E-state index contributed by atoms with van der Waals surface area (Å²) in [7, 11) is 2.03. The number of likely N-dealkylation sites (N-methyl/N-ethyl adjacent to an activating group) is 1. The Morgan fingerprint density at radius 1 is 1.11 bits per heavy atom. The summed E-state index contributed by atoms with van der Waals surface area (Å²) in [5.74, 6) is 0. The molecule has 2 rings (SSSR count). The lowest BCUT2D eigenvalue weighted by Crippen LogP contribution is -2.18. The van der Waals surface area contributed by atoms with Crippen LogP contribution in [0.5, 0.6) is 0 Å². The van der Waals surface area contributed by atoms with Crippen molar-refractivity contribution in [3.8, 4) is 0 Å². The fourth-order valence-corrected chi connectivity index (χ4v) is 2.64. The van der Waals surface area contributed by atoms with Gasteiger partial charge in [-0.2, -0.15) is 0 Å². The third-order valence-corrected chi connectivity index (χ3v) is 3.83. The molecule has 0 fully saturated rings. The van der Waals surface area contributed by atoms with Crippen LogP contribution in [0.1, 0.15) is 22.7 Å². The summed E-state index contributed by atoms with van der Waals surface area (Å²) in [6.07, 6.45) is 1.02. The Morgan fingerprint density at radius 2 is 1.83 bits per heavy atom. The average Bonchev–Trinajstić information content (AvgIpc) is 2.38. The van der Waals surface area contributed by atoms with Gasteiger partial charge in [0.25, 0.3) is 0 Å².